The number of ether oxygens (including phenoxy) is 1. The second kappa shape index (κ2) is 57.0. The van der Waals surface area contributed by atoms with Gasteiger partial charge in [-0.2, -0.15) is 10.2 Å². The molecule has 0 unspecified atom stereocenters. The number of urea groups is 3. The third-order valence-corrected chi connectivity index (χ3v) is 22.9. The van der Waals surface area contributed by atoms with Gasteiger partial charge in [-0.25, -0.2) is 71.7 Å². The van der Waals surface area contributed by atoms with Gasteiger partial charge in [-0.05, 0) is 145 Å². The zero-order chi connectivity index (χ0) is 101. The predicted octanol–water partition coefficient (Wildman–Crippen LogP) is 11.2. The number of nitrogens with one attached hydrogen (secondary N) is 2. The van der Waals surface area contributed by atoms with Gasteiger partial charge in [-0.3, -0.25) is 91.2 Å². The van der Waals surface area contributed by atoms with Gasteiger partial charge in [0.05, 0.1) is 10.9 Å². The first kappa shape index (κ1) is 137. The lowest BCUT2D eigenvalue weighted by atomic mass is 9.76. The van der Waals surface area contributed by atoms with Crippen molar-refractivity contribution in [3.05, 3.63) is 221 Å². The molecule has 144 heavy (non-hydrogen) atoms. The van der Waals surface area contributed by atoms with Crippen molar-refractivity contribution in [3.8, 4) is 0 Å². The Kier molecular flexibility index (Phi) is 54.3. The van der Waals surface area contributed by atoms with Gasteiger partial charge in [-0.15, -0.1) is 0 Å². The molecule has 4 aromatic carbocycles. The molecule has 0 atom stereocenters. The summed E-state index contributed by atoms with van der Waals surface area (Å²) in [5.74, 6) is -0.594. The van der Waals surface area contributed by atoms with E-state index in [1.807, 2.05) is 50.2 Å². The van der Waals surface area contributed by atoms with Gasteiger partial charge < -0.3 is 33.8 Å². The highest BCUT2D eigenvalue weighted by atomic mass is 16.6. The van der Waals surface area contributed by atoms with Crippen LogP contribution in [0.5, 0.6) is 0 Å². The minimum absolute atomic E-state index is 0. The van der Waals surface area contributed by atoms with E-state index in [0.717, 1.165) is 84.9 Å². The number of hydrogen-bond donors (Lipinski definition) is 2. The van der Waals surface area contributed by atoms with E-state index in [9.17, 15) is 101 Å². The second-order valence-electron chi connectivity index (χ2n) is 34.3. The van der Waals surface area contributed by atoms with Crippen molar-refractivity contribution in [3.63, 3.8) is 0 Å². The third kappa shape index (κ3) is 32.9. The highest BCUT2D eigenvalue weighted by molar-refractivity contribution is 6.25. The molecule has 43 nitrogen and oxygen atoms in total. The van der Waals surface area contributed by atoms with Gasteiger partial charge in [0.1, 0.15) is 23.2 Å². The maximum atomic E-state index is 11.9. The Hall–Kier alpha value is -15.2. The molecular weight excluding hydrogens is 1860 g/mol. The molecule has 2 N–H and O–H groups in total. The largest absolute Gasteiger partial charge is 0.433 e. The summed E-state index contributed by atoms with van der Waals surface area (Å²) in [5.41, 5.74) is 1.26. The number of benzene rings is 4. The zero-order valence-corrected chi connectivity index (χ0v) is 80.4. The third-order valence-electron chi connectivity index (χ3n) is 22.9. The Morgan fingerprint density at radius 3 is 1.33 bits per heavy atom. The summed E-state index contributed by atoms with van der Waals surface area (Å²) in [6.45, 7) is 18.3. The minimum Gasteiger partial charge on any atom is -0.433 e. The number of aromatic amines is 1. The summed E-state index contributed by atoms with van der Waals surface area (Å²) < 4.78 is 18.1. The first-order valence-corrected chi connectivity index (χ1v) is 42.1. The normalized spacial score (nSPS) is 15.6. The molecule has 16 amide bonds. The molecule has 1 spiro atoms. The average molecular weight is 2020 g/mol. The SMILES string of the molecule is C.C.C.C.C.C.C.C.C.C.CC1=NN(C)C(=O)CC1.CN1C(=O)CC2(CCCC2)CC1=O.CN1C(=O)N(C)C(C)(C)C1=O.CN1C(=O)NC(C)(C)C1=O.CN1C(=O)OC(C)(C)C1=O.CN1C(=O)c2cccc3cccc(c23)C1=O.CN1CC(=O)N(C)C1=O.Cc1cc(=O)oc2ccc(C(C)C)cc12.Cn1c(=O)[nH]c2ccccc2c1=O.Cn1c(=O)n(C)n(C)c1=O.Cn1ccc(=O)n(C)c1=O.Cn1ncccc1=O. The van der Waals surface area contributed by atoms with E-state index in [1.165, 1.54) is 138 Å². The Balaban J connectivity index is -0.000000487. The number of hydrazone groups is 1. The van der Waals surface area contributed by atoms with Crippen LogP contribution in [0.2, 0.25) is 0 Å². The van der Waals surface area contributed by atoms with Crippen LogP contribution in [0.3, 0.4) is 0 Å². The lowest BCUT2D eigenvalue weighted by Crippen LogP contribution is -2.44. The minimum atomic E-state index is -0.966. The number of imide groups is 6. The summed E-state index contributed by atoms with van der Waals surface area (Å²) in [4.78, 5) is 245. The first-order valence-electron chi connectivity index (χ1n) is 42.1. The molecule has 800 valence electrons. The van der Waals surface area contributed by atoms with Crippen LogP contribution in [0.1, 0.15) is 226 Å². The summed E-state index contributed by atoms with van der Waals surface area (Å²) in [6, 6.07) is 29.1. The maximum absolute atomic E-state index is 11.9. The van der Waals surface area contributed by atoms with Crippen molar-refractivity contribution in [2.24, 2.45) is 59.9 Å². The number of H-pyrrole nitrogens is 1. The van der Waals surface area contributed by atoms with Gasteiger partial charge in [0, 0.05) is 190 Å². The van der Waals surface area contributed by atoms with Gasteiger partial charge in [-0.1, -0.05) is 143 Å². The van der Waals surface area contributed by atoms with Crippen LogP contribution in [0.15, 0.2) is 163 Å². The van der Waals surface area contributed by atoms with Gasteiger partial charge in [0.2, 0.25) is 23.6 Å². The van der Waals surface area contributed by atoms with E-state index < -0.39 is 22.8 Å². The Morgan fingerprint density at radius 2 is 0.979 bits per heavy atom. The number of hydrogen-bond acceptors (Lipinski definition) is 25. The molecule has 1 aliphatic carbocycles. The molecule has 0 radical (unpaired) electrons. The van der Waals surface area contributed by atoms with Gasteiger partial charge in [0.15, 0.2) is 5.60 Å². The lowest BCUT2D eigenvalue weighted by Gasteiger charge is -2.35. The highest BCUT2D eigenvalue weighted by Crippen LogP contribution is 2.46. The van der Waals surface area contributed by atoms with Crippen molar-refractivity contribution < 1.29 is 71.5 Å². The predicted molar refractivity (Wildman–Crippen MR) is 564 cm³/mol. The van der Waals surface area contributed by atoms with Crippen LogP contribution in [0, 0.1) is 12.3 Å². The standard InChI is InChI=1S/C13H9NO2.C13H14O2.C10H15NO2.C9H8N2O2.C7H12N2O2.C6H10N2O2.C6H8N2O2.C6H10N2O.C6H9NO3.C5H9N3O2.C5H8N2O2.C5H6N2O.10CH4/c1-14-12(15)9-6-2-4-8-5-3-7-10(11(8)9)13(14)16;1-8(2)10-4-5-12-11(7-10)9(3)6-13(14)15-12;1-11-8(12)6-10(7-9(11)13)4-2-3-5-10;1-11-8(12)6-4-2-3-5-7(6)10-9(11)13;1-7(2)5(10)8(3)6(11)9(7)4;1-6(2)4(9)8(3)5(10)7-6;1-7-4-3-5(9)8(2)6(7)10;1-5-3-4-6(9)8(2)7-5;1-6(2)4(8)7(3)5(9)10-6;1-6-4(9)7(2)8(3)5(6)10;1-6-3-4(8)7(2)5(6)9;1-7-5(8)3-2-4-6-7;;;;;;;;;;/h2-7H,1H3;4-8H,1-3H3;2-7H2,1H3;2-5H,1H3,(H,10,13);1-4H3;1-3H3,(H,7,10);3-4H,1-2H3;3-4H2,1-2H3;2*1-3H3;3H2,1-2H3;2-4H,1H3;10*1H4. The molecular formula is C101H158N20O23. The van der Waals surface area contributed by atoms with Crippen molar-refractivity contribution in [1.82, 2.24) is 91.9 Å². The number of nitrogens with zero attached hydrogens (tertiary/aromatic N) is 18. The number of rotatable bonds is 1. The molecule has 43 heteroatoms. The number of aryl methyl sites for hydroxylation is 3. The van der Waals surface area contributed by atoms with Crippen LogP contribution in [0.4, 0.5) is 19.2 Å². The smallest absolute Gasteiger partial charge is 0.417 e. The van der Waals surface area contributed by atoms with E-state index in [4.69, 9.17) is 9.15 Å². The van der Waals surface area contributed by atoms with Crippen molar-refractivity contribution in [2.45, 2.75) is 217 Å². The highest BCUT2D eigenvalue weighted by Gasteiger charge is 2.48. The number of carbonyl (C=O) groups is 13. The number of amides is 16. The van der Waals surface area contributed by atoms with Crippen molar-refractivity contribution in [2.75, 3.05) is 70.0 Å². The Labute approximate surface area is 843 Å². The molecule has 5 aromatic heterocycles. The quantitative estimate of drug-likeness (QED) is 0.0875. The van der Waals surface area contributed by atoms with Crippen LogP contribution in [-0.2, 0) is 87.6 Å². The molecule has 7 aliphatic heterocycles. The molecule has 6 fully saturated rings. The van der Waals surface area contributed by atoms with Crippen LogP contribution < -0.4 is 50.4 Å². The number of aromatic nitrogens is 9. The molecule has 1 saturated carbocycles. The van der Waals surface area contributed by atoms with Crippen LogP contribution in [-0.4, -0.2) is 256 Å². The number of fused-ring (bicyclic) bond motifs is 2. The summed E-state index contributed by atoms with van der Waals surface area (Å²) >= 11 is 0. The van der Waals surface area contributed by atoms with Crippen molar-refractivity contribution >= 4 is 116 Å². The lowest BCUT2D eigenvalue weighted by molar-refractivity contribution is -0.151. The topological polar surface area (TPSA) is 498 Å². The number of para-hydroxylation sites is 1. The first-order chi connectivity index (χ1) is 62.2. The fourth-order valence-electron chi connectivity index (χ4n) is 13.9. The molecule has 12 heterocycles. The average Bonchev–Trinajstić information content (AvgIpc) is 1.21. The molecule has 17 rings (SSSR count). The number of piperidine rings is 1. The number of cyclic esters (lactones) is 1. The van der Waals surface area contributed by atoms with E-state index in [-0.39, 0.29) is 203 Å². The van der Waals surface area contributed by atoms with E-state index in [0.29, 0.717) is 52.8 Å². The molecule has 9 aromatic rings. The van der Waals surface area contributed by atoms with E-state index in [2.05, 4.69) is 40.4 Å². The van der Waals surface area contributed by atoms with Crippen molar-refractivity contribution in [1.29, 1.82) is 0 Å². The zero-order valence-electron chi connectivity index (χ0n) is 80.4. The van der Waals surface area contributed by atoms with Crippen LogP contribution >= 0.6 is 0 Å². The molecule has 0 bridgehead atoms. The summed E-state index contributed by atoms with van der Waals surface area (Å²) in [6.07, 6.45) is 9.58. The Bertz CT molecular complexity index is 6460. The van der Waals surface area contributed by atoms with E-state index in [1.54, 1.807) is 147 Å². The molecule has 8 aliphatic rings. The number of carbonyl (C=O) groups excluding carboxylic acids is 13. The fourth-order valence-corrected chi connectivity index (χ4v) is 13.9. The summed E-state index contributed by atoms with van der Waals surface area (Å²) in [5, 5.41) is 14.9. The second-order valence-corrected chi connectivity index (χ2v) is 34.3. The number of likely N-dealkylation sites (N-methyl/N-ethyl adjacent to an activating group) is 6. The summed E-state index contributed by atoms with van der Waals surface area (Å²) in [7, 11) is 24.5. The Morgan fingerprint density at radius 1 is 0.458 bits per heavy atom. The fraction of sp³-hybridized carbons (Fsp3) is 0.495. The van der Waals surface area contributed by atoms with E-state index >= 15 is 0 Å². The van der Waals surface area contributed by atoms with Gasteiger partial charge in [0.25, 0.3) is 46.2 Å². The monoisotopic (exact) mass is 2020 g/mol. The van der Waals surface area contributed by atoms with Crippen LogP contribution in [0.25, 0.3) is 32.6 Å². The number of likely N-dealkylation sites (tertiary alicyclic amines) is 1. The molecule has 5 saturated heterocycles. The van der Waals surface area contributed by atoms with Gasteiger partial charge >= 0.3 is 52.6 Å². The maximum Gasteiger partial charge on any atom is 0.417 e.